The van der Waals surface area contributed by atoms with Crippen LogP contribution in [0.2, 0.25) is 0 Å². The number of sulfonamides is 1. The number of aromatic nitrogens is 2. The predicted octanol–water partition coefficient (Wildman–Crippen LogP) is 2.05. The van der Waals surface area contributed by atoms with Crippen molar-refractivity contribution < 1.29 is 26.7 Å². The van der Waals surface area contributed by atoms with Gasteiger partial charge >= 0.3 is 0 Å². The summed E-state index contributed by atoms with van der Waals surface area (Å²) in [5, 5.41) is 2.73. The van der Waals surface area contributed by atoms with E-state index in [9.17, 15) is 22.0 Å². The molecule has 1 N–H and O–H groups in total. The average Bonchev–Trinajstić information content (AvgIpc) is 3.41. The Morgan fingerprint density at radius 1 is 1.09 bits per heavy atom. The van der Waals surface area contributed by atoms with E-state index in [-0.39, 0.29) is 24.7 Å². The van der Waals surface area contributed by atoms with E-state index in [4.69, 9.17) is 4.74 Å². The molecule has 1 aromatic heterocycles. The van der Waals surface area contributed by atoms with Crippen molar-refractivity contribution >= 4 is 15.9 Å². The molecule has 174 valence electrons. The van der Waals surface area contributed by atoms with E-state index in [1.165, 1.54) is 57.8 Å². The van der Waals surface area contributed by atoms with Crippen LogP contribution >= 0.6 is 0 Å². The topological polar surface area (TPSA) is 93.5 Å². The molecule has 0 bridgehead atoms. The third kappa shape index (κ3) is 5.20. The number of carbonyl (C=O) groups is 1. The van der Waals surface area contributed by atoms with Gasteiger partial charge in [0.2, 0.25) is 0 Å². The normalized spacial score (nSPS) is 18.9. The number of aryl methyl sites for hydroxylation is 1. The highest BCUT2D eigenvalue weighted by atomic mass is 32.2. The zero-order valence-electron chi connectivity index (χ0n) is 17.7. The Balaban J connectivity index is 1.51. The van der Waals surface area contributed by atoms with Crippen LogP contribution in [0.1, 0.15) is 11.5 Å². The minimum Gasteiger partial charge on any atom is -0.484 e. The zero-order valence-corrected chi connectivity index (χ0v) is 18.5. The summed E-state index contributed by atoms with van der Waals surface area (Å²) in [7, 11) is -2.22. The molecule has 0 saturated carbocycles. The van der Waals surface area contributed by atoms with Gasteiger partial charge in [-0.15, -0.1) is 0 Å². The first-order chi connectivity index (χ1) is 15.7. The molecule has 8 nitrogen and oxygen atoms in total. The summed E-state index contributed by atoms with van der Waals surface area (Å²) in [6.07, 6.45) is 2.80. The molecule has 1 fully saturated rings. The third-order valence-corrected chi connectivity index (χ3v) is 7.12. The van der Waals surface area contributed by atoms with Gasteiger partial charge in [0.15, 0.2) is 11.6 Å². The van der Waals surface area contributed by atoms with E-state index >= 15 is 0 Å². The molecule has 1 aliphatic heterocycles. The van der Waals surface area contributed by atoms with Crippen LogP contribution in [0.15, 0.2) is 66.1 Å². The Hall–Kier alpha value is -3.31. The van der Waals surface area contributed by atoms with Crippen LogP contribution in [0, 0.1) is 11.6 Å². The zero-order chi connectivity index (χ0) is 23.6. The third-order valence-electron chi connectivity index (χ3n) is 5.40. The second kappa shape index (κ2) is 9.28. The molecule has 11 heteroatoms. The van der Waals surface area contributed by atoms with E-state index in [0.717, 1.165) is 0 Å². The summed E-state index contributed by atoms with van der Waals surface area (Å²) in [5.74, 6) is -1.38. The largest absolute Gasteiger partial charge is 0.484 e. The number of benzene rings is 2. The van der Waals surface area contributed by atoms with Crippen LogP contribution in [0.4, 0.5) is 8.78 Å². The molecule has 0 unspecified atom stereocenters. The molecule has 4 rings (SSSR count). The van der Waals surface area contributed by atoms with Gasteiger partial charge in [-0.05, 0) is 42.0 Å². The number of amides is 1. The number of carbonyl (C=O) groups excluding carboxylic acids is 1. The summed E-state index contributed by atoms with van der Waals surface area (Å²) in [6, 6.07) is 10.4. The predicted molar refractivity (Wildman–Crippen MR) is 115 cm³/mol. The first kappa shape index (κ1) is 22.9. The van der Waals surface area contributed by atoms with E-state index in [1.54, 1.807) is 19.2 Å². The van der Waals surface area contributed by atoms with Crippen molar-refractivity contribution in [3.05, 3.63) is 78.3 Å². The van der Waals surface area contributed by atoms with Gasteiger partial charge in [-0.2, -0.15) is 4.31 Å². The standard InChI is InChI=1S/C22H22F2N4O4S/c1-27-12-22(25-14-27)33(30,31)28-10-19(15-2-4-16(23)5-3-15)20(11-28)26-21(29)13-32-18-8-6-17(24)7-9-18/h2-9,12,14,19-20H,10-11,13H2,1H3,(H,26,29)/t19-,20+/m1/s1. The van der Waals surface area contributed by atoms with Gasteiger partial charge in [0, 0.05) is 32.3 Å². The minimum atomic E-state index is -3.89. The highest BCUT2D eigenvalue weighted by Gasteiger charge is 2.41. The van der Waals surface area contributed by atoms with Crippen LogP contribution in [0.25, 0.3) is 0 Å². The maximum Gasteiger partial charge on any atom is 0.262 e. The van der Waals surface area contributed by atoms with Gasteiger partial charge in [-0.25, -0.2) is 22.2 Å². The molecule has 1 amide bonds. The van der Waals surface area contributed by atoms with Crippen LogP contribution in [-0.4, -0.2) is 53.9 Å². The Morgan fingerprint density at radius 2 is 1.73 bits per heavy atom. The highest BCUT2D eigenvalue weighted by molar-refractivity contribution is 7.89. The lowest BCUT2D eigenvalue weighted by atomic mass is 9.94. The number of nitrogens with one attached hydrogen (secondary N) is 1. The Morgan fingerprint density at radius 3 is 2.33 bits per heavy atom. The summed E-state index contributed by atoms with van der Waals surface area (Å²) in [6.45, 7) is -0.219. The van der Waals surface area contributed by atoms with E-state index in [1.807, 2.05) is 0 Å². The Bertz CT molecular complexity index is 1230. The maximum absolute atomic E-state index is 13.4. The van der Waals surface area contributed by atoms with Gasteiger partial charge in [0.1, 0.15) is 17.4 Å². The highest BCUT2D eigenvalue weighted by Crippen LogP contribution is 2.31. The maximum atomic E-state index is 13.4. The van der Waals surface area contributed by atoms with Crippen molar-refractivity contribution in [1.29, 1.82) is 0 Å². The quantitative estimate of drug-likeness (QED) is 0.564. The van der Waals surface area contributed by atoms with Crippen LogP contribution in [0.3, 0.4) is 0 Å². The first-order valence-corrected chi connectivity index (χ1v) is 11.6. The lowest BCUT2D eigenvalue weighted by molar-refractivity contribution is -0.123. The number of rotatable bonds is 7. The van der Waals surface area contributed by atoms with E-state index in [0.29, 0.717) is 11.3 Å². The van der Waals surface area contributed by atoms with E-state index < -0.39 is 39.5 Å². The molecule has 2 aromatic carbocycles. The van der Waals surface area contributed by atoms with Crippen molar-refractivity contribution in [2.75, 3.05) is 19.7 Å². The summed E-state index contributed by atoms with van der Waals surface area (Å²) < 4.78 is 60.8. The number of hydrogen-bond acceptors (Lipinski definition) is 5. The van der Waals surface area contributed by atoms with Crippen molar-refractivity contribution in [3.8, 4) is 5.75 Å². The average molecular weight is 477 g/mol. The summed E-state index contributed by atoms with van der Waals surface area (Å²) in [4.78, 5) is 16.5. The molecule has 1 aliphatic rings. The first-order valence-electron chi connectivity index (χ1n) is 10.1. The lowest BCUT2D eigenvalue weighted by Crippen LogP contribution is -2.42. The fourth-order valence-electron chi connectivity index (χ4n) is 3.74. The summed E-state index contributed by atoms with van der Waals surface area (Å²) >= 11 is 0. The number of halogens is 2. The van der Waals surface area contributed by atoms with Gasteiger partial charge in [-0.1, -0.05) is 12.1 Å². The molecule has 3 aromatic rings. The number of ether oxygens (including phenoxy) is 1. The SMILES string of the molecule is Cn1cnc(S(=O)(=O)N2C[C@H](NC(=O)COc3ccc(F)cc3)[C@@H](c3ccc(F)cc3)C2)c1. The summed E-state index contributed by atoms with van der Waals surface area (Å²) in [5.41, 5.74) is 0.694. The number of hydrogen-bond donors (Lipinski definition) is 1. The van der Waals surface area contributed by atoms with Gasteiger partial charge in [-0.3, -0.25) is 4.79 Å². The number of imidazole rings is 1. The fraction of sp³-hybridized carbons (Fsp3) is 0.273. The van der Waals surface area contributed by atoms with Crippen molar-refractivity contribution in [1.82, 2.24) is 19.2 Å². The Kier molecular flexibility index (Phi) is 6.43. The molecular formula is C22H22F2N4O4S. The van der Waals surface area contributed by atoms with Gasteiger partial charge < -0.3 is 14.6 Å². The van der Waals surface area contributed by atoms with Crippen LogP contribution in [-0.2, 0) is 21.9 Å². The molecule has 0 radical (unpaired) electrons. The monoisotopic (exact) mass is 476 g/mol. The van der Waals surface area contributed by atoms with Crippen molar-refractivity contribution in [2.24, 2.45) is 7.05 Å². The number of nitrogens with zero attached hydrogens (tertiary/aromatic N) is 3. The molecule has 2 heterocycles. The van der Waals surface area contributed by atoms with Crippen LogP contribution in [0.5, 0.6) is 5.75 Å². The molecule has 33 heavy (non-hydrogen) atoms. The molecule has 0 spiro atoms. The van der Waals surface area contributed by atoms with Crippen LogP contribution < -0.4 is 10.1 Å². The molecule has 2 atom stereocenters. The Labute approximate surface area is 189 Å². The molecular weight excluding hydrogens is 454 g/mol. The molecule has 1 saturated heterocycles. The second-order valence-electron chi connectivity index (χ2n) is 7.77. The van der Waals surface area contributed by atoms with Crippen molar-refractivity contribution in [2.45, 2.75) is 17.0 Å². The lowest BCUT2D eigenvalue weighted by Gasteiger charge is -2.20. The van der Waals surface area contributed by atoms with Gasteiger partial charge in [0.05, 0.1) is 12.4 Å². The second-order valence-corrected chi connectivity index (χ2v) is 9.66. The smallest absolute Gasteiger partial charge is 0.262 e. The van der Waals surface area contributed by atoms with Crippen molar-refractivity contribution in [3.63, 3.8) is 0 Å². The minimum absolute atomic E-state index is 0.0171. The van der Waals surface area contributed by atoms with E-state index in [2.05, 4.69) is 10.3 Å². The van der Waals surface area contributed by atoms with Gasteiger partial charge in [0.25, 0.3) is 15.9 Å². The fourth-order valence-corrected chi connectivity index (χ4v) is 5.20. The molecule has 0 aliphatic carbocycles.